The molecule has 0 aliphatic rings. The molecule has 0 aliphatic heterocycles. The molecule has 0 saturated heterocycles. The average molecular weight is 229 g/mol. The number of rotatable bonds is 3. The van der Waals surface area contributed by atoms with Crippen LogP contribution in [0.1, 0.15) is 31.4 Å². The maximum Gasteiger partial charge on any atom is 0.106 e. The van der Waals surface area contributed by atoms with E-state index in [-0.39, 0.29) is 6.04 Å². The van der Waals surface area contributed by atoms with E-state index in [1.165, 1.54) is 0 Å². The van der Waals surface area contributed by atoms with Crippen LogP contribution in [0.4, 0.5) is 0 Å². The Bertz CT molecular complexity index is 233. The van der Waals surface area contributed by atoms with Crippen molar-refractivity contribution in [3.63, 3.8) is 0 Å². The summed E-state index contributed by atoms with van der Waals surface area (Å²) in [5.74, 6) is 0. The molecule has 0 aliphatic carbocycles. The van der Waals surface area contributed by atoms with Gasteiger partial charge in [-0.1, -0.05) is 19.4 Å². The third kappa shape index (κ3) is 2.57. The van der Waals surface area contributed by atoms with Gasteiger partial charge in [-0.25, -0.2) is 4.98 Å². The van der Waals surface area contributed by atoms with Crippen LogP contribution in [0.25, 0.3) is 0 Å². The van der Waals surface area contributed by atoms with Gasteiger partial charge < -0.3 is 5.73 Å². The van der Waals surface area contributed by atoms with E-state index in [1.807, 2.05) is 18.3 Å². The Morgan fingerprint density at radius 1 is 1.58 bits per heavy atom. The standard InChI is InChI=1S/C9H13BrN2/c1-2-3-8(11)7-4-5-9(10)12-6-7/h4-6,8H,2-3,11H2,1H3/t8-/m1/s1. The molecule has 0 saturated carbocycles. The normalized spacial score (nSPS) is 12.9. The summed E-state index contributed by atoms with van der Waals surface area (Å²) < 4.78 is 0.856. The van der Waals surface area contributed by atoms with Crippen LogP contribution in [0.15, 0.2) is 22.9 Å². The van der Waals surface area contributed by atoms with Gasteiger partial charge in [0.15, 0.2) is 0 Å². The van der Waals surface area contributed by atoms with E-state index in [9.17, 15) is 0 Å². The highest BCUT2D eigenvalue weighted by atomic mass is 79.9. The lowest BCUT2D eigenvalue weighted by Crippen LogP contribution is -2.09. The summed E-state index contributed by atoms with van der Waals surface area (Å²) >= 11 is 3.28. The minimum absolute atomic E-state index is 0.135. The van der Waals surface area contributed by atoms with Crippen LogP contribution in [-0.4, -0.2) is 4.98 Å². The van der Waals surface area contributed by atoms with E-state index in [0.717, 1.165) is 23.0 Å². The highest BCUT2D eigenvalue weighted by Crippen LogP contribution is 2.15. The van der Waals surface area contributed by atoms with Gasteiger partial charge in [0, 0.05) is 12.2 Å². The molecule has 0 spiro atoms. The van der Waals surface area contributed by atoms with Crippen LogP contribution >= 0.6 is 15.9 Å². The summed E-state index contributed by atoms with van der Waals surface area (Å²) in [5, 5.41) is 0. The monoisotopic (exact) mass is 228 g/mol. The van der Waals surface area contributed by atoms with Crippen LogP contribution in [0.2, 0.25) is 0 Å². The number of halogens is 1. The van der Waals surface area contributed by atoms with Crippen molar-refractivity contribution in [3.8, 4) is 0 Å². The molecule has 0 unspecified atom stereocenters. The van der Waals surface area contributed by atoms with Crippen LogP contribution < -0.4 is 5.73 Å². The van der Waals surface area contributed by atoms with Crippen molar-refractivity contribution in [1.29, 1.82) is 0 Å². The molecule has 1 aromatic heterocycles. The van der Waals surface area contributed by atoms with Gasteiger partial charge in [0.25, 0.3) is 0 Å². The Morgan fingerprint density at radius 2 is 2.33 bits per heavy atom. The van der Waals surface area contributed by atoms with Crippen molar-refractivity contribution in [2.75, 3.05) is 0 Å². The largest absolute Gasteiger partial charge is 0.324 e. The zero-order valence-corrected chi connectivity index (χ0v) is 8.71. The molecule has 2 N–H and O–H groups in total. The number of hydrogen-bond donors (Lipinski definition) is 1. The van der Waals surface area contributed by atoms with Gasteiger partial charge in [0.1, 0.15) is 4.60 Å². The second kappa shape index (κ2) is 4.58. The van der Waals surface area contributed by atoms with E-state index < -0.39 is 0 Å². The van der Waals surface area contributed by atoms with Gasteiger partial charge in [-0.2, -0.15) is 0 Å². The molecule has 1 atom stereocenters. The molecule has 0 fully saturated rings. The summed E-state index contributed by atoms with van der Waals surface area (Å²) in [6.07, 6.45) is 3.95. The van der Waals surface area contributed by atoms with Crippen LogP contribution in [-0.2, 0) is 0 Å². The van der Waals surface area contributed by atoms with Gasteiger partial charge >= 0.3 is 0 Å². The summed E-state index contributed by atoms with van der Waals surface area (Å²) in [6, 6.07) is 4.07. The quantitative estimate of drug-likeness (QED) is 0.809. The second-order valence-electron chi connectivity index (χ2n) is 2.81. The molecule has 1 heterocycles. The minimum Gasteiger partial charge on any atom is -0.324 e. The molecule has 66 valence electrons. The second-order valence-corrected chi connectivity index (χ2v) is 3.62. The van der Waals surface area contributed by atoms with Gasteiger partial charge in [-0.05, 0) is 34.0 Å². The number of pyridine rings is 1. The Kier molecular flexibility index (Phi) is 3.69. The smallest absolute Gasteiger partial charge is 0.106 e. The predicted octanol–water partition coefficient (Wildman–Crippen LogP) is 2.64. The van der Waals surface area contributed by atoms with Crippen LogP contribution in [0.3, 0.4) is 0 Å². The SMILES string of the molecule is CCC[C@@H](N)c1ccc(Br)nc1. The van der Waals surface area contributed by atoms with Crippen molar-refractivity contribution in [2.24, 2.45) is 5.73 Å². The van der Waals surface area contributed by atoms with E-state index >= 15 is 0 Å². The first-order valence-corrected chi connectivity index (χ1v) is 4.90. The lowest BCUT2D eigenvalue weighted by atomic mass is 10.1. The molecule has 0 bridgehead atoms. The molecule has 0 amide bonds. The van der Waals surface area contributed by atoms with Gasteiger partial charge in [-0.3, -0.25) is 0 Å². The molecule has 12 heavy (non-hydrogen) atoms. The van der Waals surface area contributed by atoms with Crippen molar-refractivity contribution in [2.45, 2.75) is 25.8 Å². The van der Waals surface area contributed by atoms with Crippen LogP contribution in [0.5, 0.6) is 0 Å². The molecule has 0 radical (unpaired) electrons. The fourth-order valence-corrected chi connectivity index (χ4v) is 1.32. The Hall–Kier alpha value is -0.410. The highest BCUT2D eigenvalue weighted by Gasteiger charge is 2.03. The first kappa shape index (κ1) is 9.68. The Labute approximate surface area is 81.3 Å². The van der Waals surface area contributed by atoms with E-state index in [1.54, 1.807) is 0 Å². The van der Waals surface area contributed by atoms with Gasteiger partial charge in [-0.15, -0.1) is 0 Å². The molecule has 3 heteroatoms. The van der Waals surface area contributed by atoms with Crippen molar-refractivity contribution in [1.82, 2.24) is 4.98 Å². The maximum absolute atomic E-state index is 5.90. The molecule has 2 nitrogen and oxygen atoms in total. The van der Waals surface area contributed by atoms with Crippen LogP contribution in [0, 0.1) is 0 Å². The minimum atomic E-state index is 0.135. The van der Waals surface area contributed by atoms with Crippen molar-refractivity contribution in [3.05, 3.63) is 28.5 Å². The molecular weight excluding hydrogens is 216 g/mol. The summed E-state index contributed by atoms with van der Waals surface area (Å²) in [4.78, 5) is 4.12. The Balaban J connectivity index is 2.68. The van der Waals surface area contributed by atoms with E-state index in [4.69, 9.17) is 5.73 Å². The lowest BCUT2D eigenvalue weighted by molar-refractivity contribution is 0.636. The summed E-state index contributed by atoms with van der Waals surface area (Å²) in [5.41, 5.74) is 7.01. The van der Waals surface area contributed by atoms with Crippen molar-refractivity contribution >= 4 is 15.9 Å². The molecule has 1 rings (SSSR count). The predicted molar refractivity (Wildman–Crippen MR) is 53.8 cm³/mol. The number of aromatic nitrogens is 1. The number of nitrogens with two attached hydrogens (primary N) is 1. The zero-order valence-electron chi connectivity index (χ0n) is 7.13. The topological polar surface area (TPSA) is 38.9 Å². The summed E-state index contributed by atoms with van der Waals surface area (Å²) in [6.45, 7) is 2.13. The molecule has 1 aromatic rings. The Morgan fingerprint density at radius 3 is 2.83 bits per heavy atom. The maximum atomic E-state index is 5.90. The number of hydrogen-bond acceptors (Lipinski definition) is 2. The first-order valence-electron chi connectivity index (χ1n) is 4.11. The van der Waals surface area contributed by atoms with E-state index in [2.05, 4.69) is 27.8 Å². The average Bonchev–Trinajstić information content (AvgIpc) is 2.06. The third-order valence-corrected chi connectivity index (χ3v) is 2.25. The fraction of sp³-hybridized carbons (Fsp3) is 0.444. The zero-order chi connectivity index (χ0) is 8.97. The number of nitrogens with zero attached hydrogens (tertiary/aromatic N) is 1. The third-order valence-electron chi connectivity index (χ3n) is 1.78. The lowest BCUT2D eigenvalue weighted by Gasteiger charge is -2.09. The van der Waals surface area contributed by atoms with Gasteiger partial charge in [0.05, 0.1) is 0 Å². The van der Waals surface area contributed by atoms with Gasteiger partial charge in [0.2, 0.25) is 0 Å². The summed E-state index contributed by atoms with van der Waals surface area (Å²) in [7, 11) is 0. The molecular formula is C9H13BrN2. The molecule has 0 aromatic carbocycles. The van der Waals surface area contributed by atoms with E-state index in [0.29, 0.717) is 0 Å². The van der Waals surface area contributed by atoms with Crippen molar-refractivity contribution < 1.29 is 0 Å². The first-order chi connectivity index (χ1) is 5.74. The highest BCUT2D eigenvalue weighted by molar-refractivity contribution is 9.10. The fourth-order valence-electron chi connectivity index (χ4n) is 1.08.